The van der Waals surface area contributed by atoms with Crippen LogP contribution in [0.1, 0.15) is 19.0 Å². The van der Waals surface area contributed by atoms with Gasteiger partial charge < -0.3 is 24.4 Å². The number of methoxy groups -OCH3 is 2. The summed E-state index contributed by atoms with van der Waals surface area (Å²) < 4.78 is 15.8. The molecule has 0 amide bonds. The van der Waals surface area contributed by atoms with Crippen molar-refractivity contribution in [2.75, 3.05) is 53.7 Å². The summed E-state index contributed by atoms with van der Waals surface area (Å²) in [6.07, 6.45) is 1.12. The number of ether oxygens (including phenoxy) is 3. The lowest BCUT2D eigenvalue weighted by atomic mass is 10.1. The van der Waals surface area contributed by atoms with Crippen LogP contribution in [0.2, 0.25) is 0 Å². The molecule has 1 unspecified atom stereocenters. The first-order valence-corrected chi connectivity index (χ1v) is 8.86. The Morgan fingerprint density at radius 2 is 2.24 bits per heavy atom. The number of rotatable bonds is 9. The lowest BCUT2D eigenvalue weighted by molar-refractivity contribution is 0.0536. The summed E-state index contributed by atoms with van der Waals surface area (Å²) in [6, 6.07) is 5.74. The molecule has 1 fully saturated rings. The molecule has 0 aliphatic carbocycles. The van der Waals surface area contributed by atoms with Crippen molar-refractivity contribution in [1.29, 1.82) is 0 Å². The smallest absolute Gasteiger partial charge is 0.213 e. The highest BCUT2D eigenvalue weighted by atomic mass is 16.5. The number of guanidine groups is 1. The Kier molecular flexibility index (Phi) is 8.48. The van der Waals surface area contributed by atoms with E-state index < -0.39 is 0 Å². The van der Waals surface area contributed by atoms with E-state index in [4.69, 9.17) is 19.2 Å². The molecule has 2 rings (SSSR count). The second kappa shape index (κ2) is 10.9. The molecule has 0 spiro atoms. The zero-order valence-corrected chi connectivity index (χ0v) is 15.5. The number of hydrogen-bond donors (Lipinski definition) is 1. The number of pyridine rings is 1. The molecule has 1 N–H and O–H groups in total. The van der Waals surface area contributed by atoms with Crippen molar-refractivity contribution in [1.82, 2.24) is 15.2 Å². The van der Waals surface area contributed by atoms with Crippen LogP contribution >= 0.6 is 0 Å². The summed E-state index contributed by atoms with van der Waals surface area (Å²) in [6.45, 7) is 7.50. The minimum atomic E-state index is 0.533. The van der Waals surface area contributed by atoms with Crippen LogP contribution in [0, 0.1) is 5.92 Å². The van der Waals surface area contributed by atoms with Crippen molar-refractivity contribution in [2.24, 2.45) is 10.9 Å². The molecule has 140 valence electrons. The molecule has 7 nitrogen and oxygen atoms in total. The minimum absolute atomic E-state index is 0.533. The maximum absolute atomic E-state index is 5.66. The molecule has 7 heteroatoms. The number of aliphatic imine (C=N–C) groups is 1. The molecular formula is C18H30N4O3. The van der Waals surface area contributed by atoms with Gasteiger partial charge in [-0.2, -0.15) is 0 Å². The molecule has 1 aromatic heterocycles. The monoisotopic (exact) mass is 350 g/mol. The molecule has 0 bridgehead atoms. The van der Waals surface area contributed by atoms with Gasteiger partial charge in [-0.1, -0.05) is 6.07 Å². The summed E-state index contributed by atoms with van der Waals surface area (Å²) in [7, 11) is 3.32. The Balaban J connectivity index is 1.89. The Bertz CT molecular complexity index is 539. The van der Waals surface area contributed by atoms with E-state index in [1.54, 1.807) is 14.2 Å². The summed E-state index contributed by atoms with van der Waals surface area (Å²) >= 11 is 0. The molecule has 0 aromatic carbocycles. The third-order valence-electron chi connectivity index (χ3n) is 4.09. The highest BCUT2D eigenvalue weighted by Crippen LogP contribution is 2.17. The molecule has 0 radical (unpaired) electrons. The topological polar surface area (TPSA) is 68.2 Å². The number of aromatic nitrogens is 1. The summed E-state index contributed by atoms with van der Waals surface area (Å²) in [5.74, 6) is 2.09. The first kappa shape index (κ1) is 19.5. The molecule has 25 heavy (non-hydrogen) atoms. The fourth-order valence-electron chi connectivity index (χ4n) is 2.79. The van der Waals surface area contributed by atoms with Crippen LogP contribution < -0.4 is 10.1 Å². The minimum Gasteiger partial charge on any atom is -0.481 e. The van der Waals surface area contributed by atoms with E-state index in [9.17, 15) is 0 Å². The van der Waals surface area contributed by atoms with Crippen molar-refractivity contribution in [2.45, 2.75) is 19.9 Å². The van der Waals surface area contributed by atoms with Crippen LogP contribution in [0.25, 0.3) is 0 Å². The van der Waals surface area contributed by atoms with Crippen LogP contribution in [-0.2, 0) is 16.0 Å². The van der Waals surface area contributed by atoms with Gasteiger partial charge in [-0.25, -0.2) is 9.98 Å². The molecular weight excluding hydrogens is 320 g/mol. The highest BCUT2D eigenvalue weighted by molar-refractivity contribution is 5.80. The fourth-order valence-corrected chi connectivity index (χ4v) is 2.79. The third-order valence-corrected chi connectivity index (χ3v) is 4.09. The molecule has 1 aliphatic rings. The molecule has 2 heterocycles. The van der Waals surface area contributed by atoms with Gasteiger partial charge in [0.05, 0.1) is 39.2 Å². The van der Waals surface area contributed by atoms with Gasteiger partial charge in [-0.3, -0.25) is 0 Å². The first-order chi connectivity index (χ1) is 12.3. The van der Waals surface area contributed by atoms with E-state index in [1.807, 2.05) is 18.2 Å². The predicted molar refractivity (Wildman–Crippen MR) is 98.0 cm³/mol. The van der Waals surface area contributed by atoms with Gasteiger partial charge in [0.25, 0.3) is 0 Å². The van der Waals surface area contributed by atoms with E-state index in [0.29, 0.717) is 31.6 Å². The largest absolute Gasteiger partial charge is 0.481 e. The number of likely N-dealkylation sites (tertiary alicyclic amines) is 1. The van der Waals surface area contributed by atoms with Crippen LogP contribution in [0.4, 0.5) is 0 Å². The Morgan fingerprint density at radius 1 is 1.36 bits per heavy atom. The predicted octanol–water partition coefficient (Wildman–Crippen LogP) is 1.54. The van der Waals surface area contributed by atoms with E-state index in [1.165, 1.54) is 0 Å². The average molecular weight is 350 g/mol. The van der Waals surface area contributed by atoms with E-state index in [0.717, 1.165) is 44.3 Å². The van der Waals surface area contributed by atoms with Gasteiger partial charge >= 0.3 is 0 Å². The maximum Gasteiger partial charge on any atom is 0.213 e. The van der Waals surface area contributed by atoms with Crippen LogP contribution in [0.3, 0.4) is 0 Å². The van der Waals surface area contributed by atoms with Crippen LogP contribution in [0.5, 0.6) is 5.88 Å². The number of nitrogens with one attached hydrogen (secondary N) is 1. The first-order valence-electron chi connectivity index (χ1n) is 8.86. The summed E-state index contributed by atoms with van der Waals surface area (Å²) in [4.78, 5) is 11.5. The molecule has 1 atom stereocenters. The molecule has 1 saturated heterocycles. The lowest BCUT2D eigenvalue weighted by Crippen LogP contribution is -2.40. The van der Waals surface area contributed by atoms with Crippen molar-refractivity contribution < 1.29 is 14.2 Å². The number of nitrogens with zero attached hydrogens (tertiary/aromatic N) is 3. The molecule has 0 saturated carbocycles. The van der Waals surface area contributed by atoms with Gasteiger partial charge in [0.1, 0.15) is 0 Å². The van der Waals surface area contributed by atoms with Crippen LogP contribution in [-0.4, -0.2) is 69.5 Å². The van der Waals surface area contributed by atoms with E-state index in [2.05, 4.69) is 22.1 Å². The third kappa shape index (κ3) is 6.51. The van der Waals surface area contributed by atoms with Crippen molar-refractivity contribution in [3.8, 4) is 5.88 Å². The number of hydrogen-bond acceptors (Lipinski definition) is 5. The quantitative estimate of drug-likeness (QED) is 0.414. The van der Waals surface area contributed by atoms with Crippen molar-refractivity contribution in [3.05, 3.63) is 23.9 Å². The van der Waals surface area contributed by atoms with Gasteiger partial charge in [0, 0.05) is 38.7 Å². The normalized spacial score (nSPS) is 17.8. The Labute approximate surface area is 150 Å². The zero-order chi connectivity index (χ0) is 17.9. The SMILES string of the molecule is CCNC(=NCc1cccc(OC)n1)N1CCC(COCCOC)C1. The van der Waals surface area contributed by atoms with Gasteiger partial charge in [0.2, 0.25) is 5.88 Å². The van der Waals surface area contributed by atoms with Crippen molar-refractivity contribution in [3.63, 3.8) is 0 Å². The molecule has 1 aromatic rings. The Hall–Kier alpha value is -1.86. The van der Waals surface area contributed by atoms with Crippen LogP contribution in [0.15, 0.2) is 23.2 Å². The Morgan fingerprint density at radius 3 is 3.00 bits per heavy atom. The molecule has 1 aliphatic heterocycles. The standard InChI is InChI=1S/C18H30N4O3/c1-4-19-18(20-12-16-6-5-7-17(21-16)24-3)22-9-8-15(13-22)14-25-11-10-23-2/h5-7,15H,4,8-14H2,1-3H3,(H,19,20). The summed E-state index contributed by atoms with van der Waals surface area (Å²) in [5, 5.41) is 3.38. The second-order valence-electron chi connectivity index (χ2n) is 6.01. The second-order valence-corrected chi connectivity index (χ2v) is 6.01. The lowest BCUT2D eigenvalue weighted by Gasteiger charge is -2.21. The van der Waals surface area contributed by atoms with Gasteiger partial charge in [0.15, 0.2) is 5.96 Å². The highest BCUT2D eigenvalue weighted by Gasteiger charge is 2.24. The fraction of sp³-hybridized carbons (Fsp3) is 0.667. The van der Waals surface area contributed by atoms with Gasteiger partial charge in [-0.15, -0.1) is 0 Å². The van der Waals surface area contributed by atoms with Crippen molar-refractivity contribution >= 4 is 5.96 Å². The summed E-state index contributed by atoms with van der Waals surface area (Å²) in [5.41, 5.74) is 0.897. The van der Waals surface area contributed by atoms with E-state index >= 15 is 0 Å². The van der Waals surface area contributed by atoms with Gasteiger partial charge in [-0.05, 0) is 19.4 Å². The zero-order valence-electron chi connectivity index (χ0n) is 15.5. The van der Waals surface area contributed by atoms with E-state index in [-0.39, 0.29) is 0 Å². The average Bonchev–Trinajstić information content (AvgIpc) is 3.11. The maximum atomic E-state index is 5.66.